The smallest absolute Gasteiger partial charge is 0.394 e. The number of ether oxygens (including phenoxy) is 1. The molecule has 238 valence electrons. The van der Waals surface area contributed by atoms with Crippen molar-refractivity contribution in [2.24, 2.45) is 5.41 Å². The minimum absolute atomic E-state index is 0.0355. The van der Waals surface area contributed by atoms with Crippen LogP contribution in [0.5, 0.6) is 5.88 Å². The van der Waals surface area contributed by atoms with Gasteiger partial charge in [0.15, 0.2) is 5.82 Å². The van der Waals surface area contributed by atoms with Gasteiger partial charge in [-0.1, -0.05) is 37.8 Å². The monoisotopic (exact) mass is 649 g/mol. The van der Waals surface area contributed by atoms with E-state index in [0.717, 1.165) is 6.42 Å². The number of rotatable bonds is 10. The molecule has 0 unspecified atom stereocenters. The minimum atomic E-state index is -4.25. The number of carbonyl (C=O) groups is 1. The molecule has 1 saturated carbocycles. The first-order valence-corrected chi connectivity index (χ1v) is 19.6. The normalized spacial score (nSPS) is 19.5. The second-order valence-electron chi connectivity index (χ2n) is 13.5. The number of benzene rings is 1. The van der Waals surface area contributed by atoms with Gasteiger partial charge in [-0.15, -0.1) is 5.10 Å². The summed E-state index contributed by atoms with van der Waals surface area (Å²) < 4.78 is 75.0. The van der Waals surface area contributed by atoms with Gasteiger partial charge in [0.25, 0.3) is 15.9 Å². The molecule has 1 amide bonds. The van der Waals surface area contributed by atoms with Crippen LogP contribution in [-0.2, 0) is 10.0 Å². The fourth-order valence-corrected chi connectivity index (χ4v) is 8.50. The van der Waals surface area contributed by atoms with E-state index < -0.39 is 35.6 Å². The van der Waals surface area contributed by atoms with Crippen LogP contribution in [0, 0.1) is 5.41 Å². The van der Waals surface area contributed by atoms with Crippen LogP contribution in [0.25, 0.3) is 5.82 Å². The molecular weight excluding hydrogens is 612 g/mol. The predicted octanol–water partition coefficient (Wildman–Crippen LogP) is 6.19. The Bertz CT molecular complexity index is 1630. The van der Waals surface area contributed by atoms with Gasteiger partial charge in [-0.05, 0) is 69.3 Å². The number of anilines is 1. The number of nitrogens with one attached hydrogen (secondary N) is 1. The van der Waals surface area contributed by atoms with Gasteiger partial charge < -0.3 is 9.64 Å². The van der Waals surface area contributed by atoms with E-state index in [0.29, 0.717) is 23.7 Å². The molecule has 1 N–H and O–H groups in total. The van der Waals surface area contributed by atoms with Crippen molar-refractivity contribution in [1.82, 2.24) is 19.5 Å². The molecular formula is C30H38F3N5O4SSi. The Morgan fingerprint density at radius 3 is 2.36 bits per heavy atom. The lowest BCUT2D eigenvalue weighted by Crippen LogP contribution is -2.41. The lowest BCUT2D eigenvalue weighted by molar-refractivity contribution is -0.190. The fourth-order valence-electron chi connectivity index (χ4n) is 5.67. The molecule has 2 fully saturated rings. The SMILES string of the molecule is CC1(C)C[C@@H]([Si](C)(C)C)CN1c1nc(-n2ccc(OCCC3(C(F)(F)F)CC3)n2)ccc1C(=O)NS(=O)(=O)c1ccccc1. The van der Waals surface area contributed by atoms with Crippen molar-refractivity contribution in [3.05, 3.63) is 60.3 Å². The molecule has 1 aliphatic heterocycles. The first-order chi connectivity index (χ1) is 20.4. The van der Waals surface area contributed by atoms with Gasteiger partial charge in [0.05, 0.1) is 22.5 Å². The fraction of sp³-hybridized carbons (Fsp3) is 0.500. The van der Waals surface area contributed by atoms with E-state index in [9.17, 15) is 26.4 Å². The number of pyridine rings is 1. The third kappa shape index (κ3) is 6.51. The second-order valence-corrected chi connectivity index (χ2v) is 20.7. The van der Waals surface area contributed by atoms with Gasteiger partial charge in [0, 0.05) is 32.4 Å². The highest BCUT2D eigenvalue weighted by Gasteiger charge is 2.62. The molecule has 2 aromatic heterocycles. The van der Waals surface area contributed by atoms with Crippen LogP contribution in [0.15, 0.2) is 59.6 Å². The maximum absolute atomic E-state index is 13.6. The lowest BCUT2D eigenvalue weighted by Gasteiger charge is -2.34. The van der Waals surface area contributed by atoms with Crippen molar-refractivity contribution < 1.29 is 31.1 Å². The summed E-state index contributed by atoms with van der Waals surface area (Å²) >= 11 is 0. The molecule has 5 rings (SSSR count). The molecule has 0 radical (unpaired) electrons. The number of sulfonamides is 1. The number of hydrogen-bond donors (Lipinski definition) is 1. The Labute approximate surface area is 256 Å². The number of alkyl halides is 3. The maximum atomic E-state index is 13.6. The van der Waals surface area contributed by atoms with Crippen LogP contribution in [0.1, 0.15) is 49.9 Å². The molecule has 3 heterocycles. The van der Waals surface area contributed by atoms with Gasteiger partial charge in [-0.25, -0.2) is 22.8 Å². The van der Waals surface area contributed by atoms with Crippen molar-refractivity contribution in [2.75, 3.05) is 18.1 Å². The van der Waals surface area contributed by atoms with Crippen molar-refractivity contribution in [1.29, 1.82) is 0 Å². The van der Waals surface area contributed by atoms with E-state index >= 15 is 0 Å². The molecule has 1 aliphatic carbocycles. The van der Waals surface area contributed by atoms with Crippen LogP contribution in [-0.4, -0.2) is 62.0 Å². The van der Waals surface area contributed by atoms with E-state index in [1.54, 1.807) is 36.5 Å². The van der Waals surface area contributed by atoms with Gasteiger partial charge >= 0.3 is 6.18 Å². The van der Waals surface area contributed by atoms with E-state index in [1.165, 1.54) is 22.9 Å². The first-order valence-electron chi connectivity index (χ1n) is 14.6. The van der Waals surface area contributed by atoms with Crippen molar-refractivity contribution >= 4 is 29.8 Å². The summed E-state index contributed by atoms with van der Waals surface area (Å²) in [5.41, 5.74) is -1.53. The van der Waals surface area contributed by atoms with Gasteiger partial charge in [-0.2, -0.15) is 13.2 Å². The molecule has 1 atom stereocenters. The summed E-state index contributed by atoms with van der Waals surface area (Å²) in [5.74, 6) is 0.0204. The van der Waals surface area contributed by atoms with Crippen molar-refractivity contribution in [3.63, 3.8) is 0 Å². The predicted molar refractivity (Wildman–Crippen MR) is 163 cm³/mol. The van der Waals surface area contributed by atoms with E-state index in [1.807, 2.05) is 0 Å². The Hall–Kier alpha value is -3.39. The molecule has 44 heavy (non-hydrogen) atoms. The first kappa shape index (κ1) is 32.0. The van der Waals surface area contributed by atoms with Gasteiger partial charge in [0.2, 0.25) is 5.88 Å². The van der Waals surface area contributed by atoms with Gasteiger partial charge in [-0.3, -0.25) is 4.79 Å². The number of amides is 1. The number of nitrogens with zero attached hydrogens (tertiary/aromatic N) is 4. The molecule has 0 bridgehead atoms. The topological polar surface area (TPSA) is 106 Å². The largest absolute Gasteiger partial charge is 0.477 e. The third-order valence-corrected chi connectivity index (χ3v) is 13.0. The summed E-state index contributed by atoms with van der Waals surface area (Å²) in [6.45, 7) is 11.6. The molecule has 9 nitrogen and oxygen atoms in total. The zero-order valence-corrected chi connectivity index (χ0v) is 27.3. The van der Waals surface area contributed by atoms with Crippen LogP contribution in [0.2, 0.25) is 25.2 Å². The van der Waals surface area contributed by atoms with Crippen LogP contribution in [0.3, 0.4) is 0 Å². The quantitative estimate of drug-likeness (QED) is 0.261. The summed E-state index contributed by atoms with van der Waals surface area (Å²) in [7, 11) is -5.73. The Balaban J connectivity index is 1.44. The summed E-state index contributed by atoms with van der Waals surface area (Å²) in [6, 6.07) is 12.3. The highest BCUT2D eigenvalue weighted by molar-refractivity contribution is 7.90. The number of halogens is 3. The Kier molecular flexibility index (Phi) is 8.15. The number of carbonyl (C=O) groups excluding carboxylic acids is 1. The molecule has 0 spiro atoms. The minimum Gasteiger partial charge on any atom is -0.477 e. The summed E-state index contributed by atoms with van der Waals surface area (Å²) in [6.07, 6.45) is -1.70. The van der Waals surface area contributed by atoms with Crippen molar-refractivity contribution in [2.45, 2.75) is 81.3 Å². The second kappa shape index (κ2) is 11.2. The highest BCUT2D eigenvalue weighted by atomic mass is 32.2. The average Bonchev–Trinajstić information content (AvgIpc) is 3.46. The Morgan fingerprint density at radius 1 is 1.09 bits per heavy atom. The number of hydrogen-bond acceptors (Lipinski definition) is 7. The highest BCUT2D eigenvalue weighted by Crippen LogP contribution is 2.59. The molecule has 3 aromatic rings. The zero-order valence-electron chi connectivity index (χ0n) is 25.5. The van der Waals surface area contributed by atoms with Crippen molar-refractivity contribution in [3.8, 4) is 11.7 Å². The zero-order chi connectivity index (χ0) is 32.1. The van der Waals surface area contributed by atoms with Crippen LogP contribution in [0.4, 0.5) is 19.0 Å². The van der Waals surface area contributed by atoms with Gasteiger partial charge in [0.1, 0.15) is 5.82 Å². The third-order valence-electron chi connectivity index (χ3n) is 8.83. The average molecular weight is 650 g/mol. The summed E-state index contributed by atoms with van der Waals surface area (Å²) in [5, 5.41) is 4.36. The molecule has 14 heteroatoms. The van der Waals surface area contributed by atoms with E-state index in [2.05, 4.69) is 48.2 Å². The van der Waals surface area contributed by atoms with Crippen LogP contribution >= 0.6 is 0 Å². The molecule has 1 aromatic carbocycles. The Morgan fingerprint density at radius 2 is 1.77 bits per heavy atom. The standard InChI is InChI=1S/C30H38F3N5O4SSi/c1-28(2)19-22(44(3,4)5)20-37(28)26-23(27(39)36-43(40,41)21-9-7-6-8-10-21)11-12-24(34-26)38-17-13-25(35-38)42-18-16-29(14-15-29)30(31,32)33/h6-13,17,22H,14-16,18-20H2,1-5H3,(H,36,39)/t22-/m1/s1. The summed E-state index contributed by atoms with van der Waals surface area (Å²) in [4.78, 5) is 20.4. The van der Waals surface area contributed by atoms with E-state index in [4.69, 9.17) is 9.72 Å². The molecule has 2 aliphatic rings. The van der Waals surface area contributed by atoms with E-state index in [-0.39, 0.29) is 47.7 Å². The molecule has 1 saturated heterocycles. The number of aromatic nitrogens is 3. The lowest BCUT2D eigenvalue weighted by atomic mass is 10.0. The maximum Gasteiger partial charge on any atom is 0.394 e. The van der Waals surface area contributed by atoms with Crippen LogP contribution < -0.4 is 14.4 Å².